The van der Waals surface area contributed by atoms with Crippen LogP contribution in [0, 0.1) is 5.92 Å². The Bertz CT molecular complexity index is 658. The van der Waals surface area contributed by atoms with Gasteiger partial charge in [-0.1, -0.05) is 43.5 Å². The fourth-order valence-electron chi connectivity index (χ4n) is 3.94. The Balaban J connectivity index is 1.45. The van der Waals surface area contributed by atoms with Gasteiger partial charge >= 0.3 is 0 Å². The Hall–Kier alpha value is -2.18. The molecule has 1 heterocycles. The molecule has 27 heavy (non-hydrogen) atoms. The number of carbonyl (C=O) groups is 2. The van der Waals surface area contributed by atoms with Crippen molar-refractivity contribution in [2.24, 2.45) is 5.92 Å². The molecule has 1 aliphatic heterocycles. The zero-order valence-electron chi connectivity index (χ0n) is 15.8. The van der Waals surface area contributed by atoms with Crippen molar-refractivity contribution < 1.29 is 14.8 Å². The molecule has 2 aliphatic rings. The van der Waals surface area contributed by atoms with E-state index in [0.29, 0.717) is 5.91 Å². The van der Waals surface area contributed by atoms with Gasteiger partial charge in [0, 0.05) is 44.7 Å². The minimum atomic E-state index is -0.542. The highest BCUT2D eigenvalue weighted by Crippen LogP contribution is 2.26. The van der Waals surface area contributed by atoms with Crippen LogP contribution >= 0.6 is 0 Å². The first-order valence-corrected chi connectivity index (χ1v) is 9.88. The number of hydroxylamine groups is 1. The fraction of sp³-hybridized carbons (Fsp3) is 0.524. The van der Waals surface area contributed by atoms with Gasteiger partial charge in [-0.2, -0.15) is 0 Å². The van der Waals surface area contributed by atoms with Crippen molar-refractivity contribution in [3.63, 3.8) is 0 Å². The predicted molar refractivity (Wildman–Crippen MR) is 104 cm³/mol. The molecule has 2 fully saturated rings. The molecule has 2 amide bonds. The van der Waals surface area contributed by atoms with Crippen molar-refractivity contribution in [3.05, 3.63) is 41.5 Å². The van der Waals surface area contributed by atoms with E-state index in [9.17, 15) is 9.59 Å². The van der Waals surface area contributed by atoms with E-state index >= 15 is 0 Å². The van der Waals surface area contributed by atoms with Gasteiger partial charge in [0.2, 0.25) is 5.91 Å². The maximum atomic E-state index is 12.6. The van der Waals surface area contributed by atoms with E-state index in [0.717, 1.165) is 51.1 Å². The SMILES string of the molecule is O=C(/C=C/c1ccc(CN2CCN(C(=O)C3CCCCC3)CC2)cc1)NO. The Kier molecular flexibility index (Phi) is 7.01. The normalized spacial score (nSPS) is 19.4. The Labute approximate surface area is 160 Å². The largest absolute Gasteiger partial charge is 0.340 e. The van der Waals surface area contributed by atoms with E-state index in [4.69, 9.17) is 5.21 Å². The first-order valence-electron chi connectivity index (χ1n) is 9.88. The molecule has 2 N–H and O–H groups in total. The molecule has 0 aromatic heterocycles. The summed E-state index contributed by atoms with van der Waals surface area (Å²) in [7, 11) is 0. The molecule has 1 saturated heterocycles. The smallest absolute Gasteiger partial charge is 0.267 e. The highest BCUT2D eigenvalue weighted by atomic mass is 16.5. The summed E-state index contributed by atoms with van der Waals surface area (Å²) in [4.78, 5) is 28.1. The fourth-order valence-corrected chi connectivity index (χ4v) is 3.94. The molecule has 0 spiro atoms. The number of benzene rings is 1. The lowest BCUT2D eigenvalue weighted by atomic mass is 9.88. The van der Waals surface area contributed by atoms with Gasteiger partial charge < -0.3 is 4.90 Å². The molecule has 0 atom stereocenters. The molecule has 146 valence electrons. The van der Waals surface area contributed by atoms with Crippen LogP contribution in [-0.2, 0) is 16.1 Å². The summed E-state index contributed by atoms with van der Waals surface area (Å²) in [6, 6.07) is 8.02. The molecule has 3 rings (SSSR count). The lowest BCUT2D eigenvalue weighted by molar-refractivity contribution is -0.138. The van der Waals surface area contributed by atoms with E-state index in [1.165, 1.54) is 30.9 Å². The average molecular weight is 371 g/mol. The minimum Gasteiger partial charge on any atom is -0.340 e. The number of rotatable bonds is 5. The maximum Gasteiger partial charge on any atom is 0.267 e. The molecule has 0 bridgehead atoms. The highest BCUT2D eigenvalue weighted by molar-refractivity contribution is 5.90. The molecule has 1 aromatic rings. The lowest BCUT2D eigenvalue weighted by Gasteiger charge is -2.37. The van der Waals surface area contributed by atoms with E-state index in [1.54, 1.807) is 11.6 Å². The number of nitrogens with one attached hydrogen (secondary N) is 1. The van der Waals surface area contributed by atoms with Gasteiger partial charge in [0.05, 0.1) is 0 Å². The van der Waals surface area contributed by atoms with Crippen molar-refractivity contribution in [1.29, 1.82) is 0 Å². The second-order valence-corrected chi connectivity index (χ2v) is 7.49. The van der Waals surface area contributed by atoms with Gasteiger partial charge in [-0.3, -0.25) is 19.7 Å². The molecular formula is C21H29N3O3. The lowest BCUT2D eigenvalue weighted by Crippen LogP contribution is -2.50. The van der Waals surface area contributed by atoms with E-state index in [1.807, 2.05) is 12.1 Å². The first kappa shape index (κ1) is 19.6. The van der Waals surface area contributed by atoms with Gasteiger partial charge in [-0.25, -0.2) is 5.48 Å². The van der Waals surface area contributed by atoms with E-state index in [2.05, 4.69) is 21.9 Å². The molecule has 1 saturated carbocycles. The van der Waals surface area contributed by atoms with Crippen molar-refractivity contribution >= 4 is 17.9 Å². The third kappa shape index (κ3) is 5.65. The Morgan fingerprint density at radius 2 is 1.70 bits per heavy atom. The quantitative estimate of drug-likeness (QED) is 0.474. The summed E-state index contributed by atoms with van der Waals surface area (Å²) in [5.74, 6) is 0.0935. The number of amides is 2. The highest BCUT2D eigenvalue weighted by Gasteiger charge is 2.28. The maximum absolute atomic E-state index is 12.6. The summed E-state index contributed by atoms with van der Waals surface area (Å²) in [5.41, 5.74) is 3.69. The van der Waals surface area contributed by atoms with Crippen LogP contribution in [-0.4, -0.2) is 53.0 Å². The van der Waals surface area contributed by atoms with Crippen LogP contribution in [0.4, 0.5) is 0 Å². The summed E-state index contributed by atoms with van der Waals surface area (Å²) in [5, 5.41) is 8.49. The molecule has 0 unspecified atom stereocenters. The van der Waals surface area contributed by atoms with Crippen LogP contribution in [0.25, 0.3) is 6.08 Å². The van der Waals surface area contributed by atoms with Crippen molar-refractivity contribution in [1.82, 2.24) is 15.3 Å². The molecule has 6 nitrogen and oxygen atoms in total. The van der Waals surface area contributed by atoms with Crippen LogP contribution in [0.15, 0.2) is 30.3 Å². The van der Waals surface area contributed by atoms with Crippen LogP contribution in [0.5, 0.6) is 0 Å². The zero-order valence-corrected chi connectivity index (χ0v) is 15.8. The summed E-state index contributed by atoms with van der Waals surface area (Å²) in [6.07, 6.45) is 8.77. The van der Waals surface area contributed by atoms with E-state index in [-0.39, 0.29) is 5.92 Å². The number of hydrogen-bond acceptors (Lipinski definition) is 4. The summed E-state index contributed by atoms with van der Waals surface area (Å²) < 4.78 is 0. The number of hydrogen-bond donors (Lipinski definition) is 2. The second-order valence-electron chi connectivity index (χ2n) is 7.49. The minimum absolute atomic E-state index is 0.263. The van der Waals surface area contributed by atoms with Gasteiger partial charge in [-0.05, 0) is 30.0 Å². The molecule has 6 heteroatoms. The first-order chi connectivity index (χ1) is 13.2. The third-order valence-electron chi connectivity index (χ3n) is 5.56. The van der Waals surface area contributed by atoms with Gasteiger partial charge in [-0.15, -0.1) is 0 Å². The third-order valence-corrected chi connectivity index (χ3v) is 5.56. The standard InChI is InChI=1S/C21H29N3O3/c25-20(22-27)11-10-17-6-8-18(9-7-17)16-23-12-14-24(15-13-23)21(26)19-4-2-1-3-5-19/h6-11,19,27H,1-5,12-16H2,(H,22,25)/b11-10+. The average Bonchev–Trinajstić information content (AvgIpc) is 2.73. The van der Waals surface area contributed by atoms with Crippen LogP contribution in [0.3, 0.4) is 0 Å². The van der Waals surface area contributed by atoms with E-state index < -0.39 is 5.91 Å². The van der Waals surface area contributed by atoms with Gasteiger partial charge in [0.15, 0.2) is 0 Å². The molecular weight excluding hydrogens is 342 g/mol. The van der Waals surface area contributed by atoms with Crippen LogP contribution in [0.2, 0.25) is 0 Å². The number of carbonyl (C=O) groups excluding carboxylic acids is 2. The van der Waals surface area contributed by atoms with Gasteiger partial charge in [0.25, 0.3) is 5.91 Å². The Morgan fingerprint density at radius 1 is 1.04 bits per heavy atom. The predicted octanol–water partition coefficient (Wildman–Crippen LogP) is 2.43. The van der Waals surface area contributed by atoms with Crippen LogP contribution in [0.1, 0.15) is 43.2 Å². The molecule has 1 aliphatic carbocycles. The summed E-state index contributed by atoms with van der Waals surface area (Å²) in [6.45, 7) is 4.35. The van der Waals surface area contributed by atoms with Crippen LogP contribution < -0.4 is 5.48 Å². The number of nitrogens with zero attached hydrogens (tertiary/aromatic N) is 2. The zero-order chi connectivity index (χ0) is 19.1. The molecule has 0 radical (unpaired) electrons. The topological polar surface area (TPSA) is 72.9 Å². The molecule has 1 aromatic carbocycles. The monoisotopic (exact) mass is 371 g/mol. The number of piperazine rings is 1. The second kappa shape index (κ2) is 9.67. The van der Waals surface area contributed by atoms with Crippen molar-refractivity contribution in [2.45, 2.75) is 38.6 Å². The van der Waals surface area contributed by atoms with Crippen molar-refractivity contribution in [2.75, 3.05) is 26.2 Å². The summed E-state index contributed by atoms with van der Waals surface area (Å²) >= 11 is 0. The van der Waals surface area contributed by atoms with Gasteiger partial charge in [0.1, 0.15) is 0 Å². The Morgan fingerprint density at radius 3 is 2.33 bits per heavy atom. The van der Waals surface area contributed by atoms with Crippen molar-refractivity contribution in [3.8, 4) is 0 Å².